The number of hydrogen-bond acceptors (Lipinski definition) is 6. The summed E-state index contributed by atoms with van der Waals surface area (Å²) < 4.78 is 28.3. The Balaban J connectivity index is 1.81. The molecule has 0 bridgehead atoms. The summed E-state index contributed by atoms with van der Waals surface area (Å²) >= 11 is 0. The van der Waals surface area contributed by atoms with Crippen LogP contribution in [0.25, 0.3) is 0 Å². The van der Waals surface area contributed by atoms with Crippen LogP contribution in [0.15, 0.2) is 29.2 Å². The number of rotatable bonds is 5. The Hall–Kier alpha value is -2.42. The quantitative estimate of drug-likeness (QED) is 0.723. The van der Waals surface area contributed by atoms with Crippen LogP contribution in [0.5, 0.6) is 0 Å². The van der Waals surface area contributed by atoms with Crippen LogP contribution in [-0.2, 0) is 29.0 Å². The van der Waals surface area contributed by atoms with Crippen molar-refractivity contribution in [3.05, 3.63) is 24.3 Å². The van der Waals surface area contributed by atoms with Crippen molar-refractivity contribution < 1.29 is 27.5 Å². The molecule has 1 aromatic rings. The Morgan fingerprint density at radius 3 is 2.34 bits per heavy atom. The first kappa shape index (κ1) is 22.9. The lowest BCUT2D eigenvalue weighted by atomic mass is 9.91. The van der Waals surface area contributed by atoms with Gasteiger partial charge in [-0.3, -0.25) is 14.4 Å². The van der Waals surface area contributed by atoms with Gasteiger partial charge in [0.05, 0.1) is 10.8 Å². The minimum atomic E-state index is -3.39. The van der Waals surface area contributed by atoms with Gasteiger partial charge in [-0.1, -0.05) is 26.8 Å². The van der Waals surface area contributed by atoms with Gasteiger partial charge in [0, 0.05) is 30.4 Å². The number of amides is 2. The first-order valence-corrected chi connectivity index (χ1v) is 11.3. The van der Waals surface area contributed by atoms with Crippen molar-refractivity contribution in [2.75, 3.05) is 31.3 Å². The molecule has 0 unspecified atom stereocenters. The predicted octanol–water partition coefficient (Wildman–Crippen LogP) is 1.86. The van der Waals surface area contributed by atoms with Gasteiger partial charge in [0.2, 0.25) is 5.91 Å². The van der Waals surface area contributed by atoms with Gasteiger partial charge in [0.15, 0.2) is 16.4 Å². The van der Waals surface area contributed by atoms with Gasteiger partial charge in [0.1, 0.15) is 0 Å². The van der Waals surface area contributed by atoms with Gasteiger partial charge in [-0.2, -0.15) is 0 Å². The number of anilines is 1. The van der Waals surface area contributed by atoms with Crippen LogP contribution in [0.4, 0.5) is 5.69 Å². The first-order valence-electron chi connectivity index (χ1n) is 9.44. The Morgan fingerprint density at radius 2 is 1.79 bits per heavy atom. The molecule has 0 atom stereocenters. The molecular weight excluding hydrogens is 396 g/mol. The summed E-state index contributed by atoms with van der Waals surface area (Å²) in [5.41, 5.74) is -0.150. The van der Waals surface area contributed by atoms with E-state index in [1.807, 2.05) is 20.8 Å². The Bertz CT molecular complexity index is 880. The van der Waals surface area contributed by atoms with E-state index in [0.717, 1.165) is 6.26 Å². The molecule has 0 spiro atoms. The van der Waals surface area contributed by atoms with Gasteiger partial charge in [0.25, 0.3) is 5.91 Å². The van der Waals surface area contributed by atoms with Crippen molar-refractivity contribution in [3.63, 3.8) is 0 Å². The Kier molecular flexibility index (Phi) is 7.05. The predicted molar refractivity (Wildman–Crippen MR) is 108 cm³/mol. The number of piperidine rings is 1. The van der Waals surface area contributed by atoms with E-state index < -0.39 is 33.7 Å². The fraction of sp³-hybridized carbons (Fsp3) is 0.550. The third-order valence-corrected chi connectivity index (χ3v) is 5.76. The van der Waals surface area contributed by atoms with Crippen LogP contribution < -0.4 is 5.32 Å². The largest absolute Gasteiger partial charge is 0.455 e. The third kappa shape index (κ3) is 6.56. The molecule has 8 nitrogen and oxygen atoms in total. The summed E-state index contributed by atoms with van der Waals surface area (Å²) in [4.78, 5) is 38.4. The molecule has 0 radical (unpaired) electrons. The summed E-state index contributed by atoms with van der Waals surface area (Å²) in [5.74, 6) is -1.31. The minimum absolute atomic E-state index is 0.0556. The highest BCUT2D eigenvalue weighted by Gasteiger charge is 2.33. The molecule has 1 aliphatic heterocycles. The average molecular weight is 425 g/mol. The topological polar surface area (TPSA) is 110 Å². The summed E-state index contributed by atoms with van der Waals surface area (Å²) in [7, 11) is -3.39. The molecule has 1 heterocycles. The highest BCUT2D eigenvalue weighted by molar-refractivity contribution is 7.90. The van der Waals surface area contributed by atoms with Gasteiger partial charge in [-0.05, 0) is 31.0 Å². The molecule has 1 fully saturated rings. The highest BCUT2D eigenvalue weighted by atomic mass is 32.2. The molecule has 2 amide bonds. The number of benzene rings is 1. The number of esters is 1. The zero-order valence-electron chi connectivity index (χ0n) is 17.2. The van der Waals surface area contributed by atoms with Gasteiger partial charge in [-0.25, -0.2) is 8.42 Å². The van der Waals surface area contributed by atoms with Gasteiger partial charge >= 0.3 is 5.97 Å². The molecule has 1 aromatic carbocycles. The summed E-state index contributed by atoms with van der Waals surface area (Å²) in [6.45, 7) is 6.10. The van der Waals surface area contributed by atoms with Crippen molar-refractivity contribution >= 4 is 33.3 Å². The van der Waals surface area contributed by atoms with Crippen LogP contribution >= 0.6 is 0 Å². The van der Waals surface area contributed by atoms with E-state index in [0.29, 0.717) is 31.6 Å². The van der Waals surface area contributed by atoms with Crippen LogP contribution in [-0.4, -0.2) is 57.1 Å². The third-order valence-electron chi connectivity index (χ3n) is 4.65. The maximum Gasteiger partial charge on any atom is 0.309 e. The number of carbonyl (C=O) groups excluding carboxylic acids is 3. The number of likely N-dealkylation sites (tertiary alicyclic amines) is 1. The maximum absolute atomic E-state index is 12.3. The zero-order chi connectivity index (χ0) is 21.8. The molecule has 160 valence electrons. The highest BCUT2D eigenvalue weighted by Crippen LogP contribution is 2.24. The van der Waals surface area contributed by atoms with E-state index >= 15 is 0 Å². The monoisotopic (exact) mass is 424 g/mol. The lowest BCUT2D eigenvalue weighted by molar-refractivity contribution is -0.155. The molecule has 1 aliphatic rings. The number of carbonyl (C=O) groups is 3. The van der Waals surface area contributed by atoms with E-state index in [9.17, 15) is 22.8 Å². The maximum atomic E-state index is 12.3. The molecule has 0 saturated carbocycles. The molecule has 9 heteroatoms. The summed E-state index contributed by atoms with van der Waals surface area (Å²) in [5, 5.41) is 2.52. The molecular formula is C20H28N2O6S. The van der Waals surface area contributed by atoms with E-state index in [1.54, 1.807) is 11.0 Å². The second kappa shape index (κ2) is 8.94. The number of nitrogens with one attached hydrogen (secondary N) is 1. The minimum Gasteiger partial charge on any atom is -0.455 e. The van der Waals surface area contributed by atoms with Crippen LogP contribution in [0.3, 0.4) is 0 Å². The molecule has 0 aliphatic carbocycles. The summed E-state index contributed by atoms with van der Waals surface area (Å²) in [6.07, 6.45) is 2.08. The number of sulfone groups is 1. The number of nitrogens with zero attached hydrogens (tertiary/aromatic N) is 1. The average Bonchev–Trinajstić information content (AvgIpc) is 2.64. The van der Waals surface area contributed by atoms with E-state index in [-0.39, 0.29) is 16.7 Å². The lowest BCUT2D eigenvalue weighted by Crippen LogP contribution is -2.45. The molecule has 1 saturated heterocycles. The second-order valence-electron chi connectivity index (χ2n) is 8.27. The lowest BCUT2D eigenvalue weighted by Gasteiger charge is -2.34. The van der Waals surface area contributed by atoms with Crippen molar-refractivity contribution in [2.24, 2.45) is 11.3 Å². The smallest absolute Gasteiger partial charge is 0.309 e. The van der Waals surface area contributed by atoms with Crippen molar-refractivity contribution in [1.29, 1.82) is 0 Å². The van der Waals surface area contributed by atoms with Crippen LogP contribution in [0, 0.1) is 11.3 Å². The van der Waals surface area contributed by atoms with Gasteiger partial charge in [-0.15, -0.1) is 0 Å². The molecule has 1 N–H and O–H groups in total. The second-order valence-corrected chi connectivity index (χ2v) is 10.3. The van der Waals surface area contributed by atoms with Crippen molar-refractivity contribution in [2.45, 2.75) is 38.5 Å². The van der Waals surface area contributed by atoms with Crippen LogP contribution in [0.2, 0.25) is 0 Å². The van der Waals surface area contributed by atoms with E-state index in [4.69, 9.17) is 4.74 Å². The normalized spacial score (nSPS) is 15.7. The molecule has 2 rings (SSSR count). The van der Waals surface area contributed by atoms with E-state index in [1.165, 1.54) is 18.2 Å². The fourth-order valence-corrected chi connectivity index (χ4v) is 3.72. The fourth-order valence-electron chi connectivity index (χ4n) is 3.05. The first-order chi connectivity index (χ1) is 13.4. The zero-order valence-corrected chi connectivity index (χ0v) is 18.0. The van der Waals surface area contributed by atoms with Crippen molar-refractivity contribution in [3.8, 4) is 0 Å². The van der Waals surface area contributed by atoms with Crippen LogP contribution in [0.1, 0.15) is 33.6 Å². The standard InChI is InChI=1S/C20H28N2O6S/c1-20(2,3)19(25)22-10-8-14(9-11-22)18(24)28-13-17(23)21-15-6-5-7-16(12-15)29(4,26)27/h5-7,12,14H,8-11,13H2,1-4H3,(H,21,23). The summed E-state index contributed by atoms with van der Waals surface area (Å²) in [6, 6.07) is 5.85. The molecule has 0 aromatic heterocycles. The van der Waals surface area contributed by atoms with E-state index in [2.05, 4.69) is 5.32 Å². The van der Waals surface area contributed by atoms with Gasteiger partial charge < -0.3 is 15.0 Å². The number of hydrogen-bond donors (Lipinski definition) is 1. The van der Waals surface area contributed by atoms with Crippen molar-refractivity contribution in [1.82, 2.24) is 4.90 Å². The Morgan fingerprint density at radius 1 is 1.17 bits per heavy atom. The molecule has 29 heavy (non-hydrogen) atoms. The Labute approximate surface area is 171 Å². The number of ether oxygens (including phenoxy) is 1. The SMILES string of the molecule is CC(C)(C)C(=O)N1CCC(C(=O)OCC(=O)Nc2cccc(S(C)(=O)=O)c2)CC1.